The van der Waals surface area contributed by atoms with E-state index in [0.29, 0.717) is 16.9 Å². The summed E-state index contributed by atoms with van der Waals surface area (Å²) >= 11 is 1.30. The Morgan fingerprint density at radius 2 is 1.80 bits per heavy atom. The van der Waals surface area contributed by atoms with Crippen LogP contribution in [-0.2, 0) is 0 Å². The van der Waals surface area contributed by atoms with Gasteiger partial charge in [-0.25, -0.2) is 0 Å². The largest absolute Gasteiger partial charge is 0.350 e. The minimum absolute atomic E-state index is 0.113. The number of benzene rings is 2. The van der Waals surface area contributed by atoms with Gasteiger partial charge in [0.25, 0.3) is 11.8 Å². The van der Waals surface area contributed by atoms with E-state index in [2.05, 4.69) is 15.0 Å². The highest BCUT2D eigenvalue weighted by Gasteiger charge is 2.14. The zero-order chi connectivity index (χ0) is 17.8. The maximum absolute atomic E-state index is 12.4. The minimum atomic E-state index is -0.255. The van der Waals surface area contributed by atoms with Gasteiger partial charge in [-0.2, -0.15) is 4.37 Å². The van der Waals surface area contributed by atoms with Gasteiger partial charge in [0.15, 0.2) is 0 Å². The first-order valence-corrected chi connectivity index (χ1v) is 8.92. The molecule has 0 aliphatic rings. The van der Waals surface area contributed by atoms with E-state index in [1.54, 1.807) is 24.3 Å². The zero-order valence-corrected chi connectivity index (χ0v) is 14.9. The maximum Gasteiger partial charge on any atom is 0.276 e. The number of rotatable bonds is 5. The Morgan fingerprint density at radius 1 is 1.08 bits per heavy atom. The van der Waals surface area contributed by atoms with Crippen molar-refractivity contribution in [2.75, 3.05) is 5.32 Å². The topological polar surface area (TPSA) is 71.1 Å². The number of fused-ring (bicyclic) bond motifs is 1. The Labute approximate surface area is 150 Å². The van der Waals surface area contributed by atoms with Crippen LogP contribution in [0.25, 0.3) is 10.1 Å². The summed E-state index contributed by atoms with van der Waals surface area (Å²) < 4.78 is 5.22. The van der Waals surface area contributed by atoms with Crippen LogP contribution in [0.3, 0.4) is 0 Å². The predicted molar refractivity (Wildman–Crippen MR) is 101 cm³/mol. The lowest BCUT2D eigenvalue weighted by Crippen LogP contribution is -2.31. The molecule has 0 unspecified atom stereocenters. The lowest BCUT2D eigenvalue weighted by Gasteiger charge is -2.11. The van der Waals surface area contributed by atoms with Crippen molar-refractivity contribution >= 4 is 39.1 Å². The van der Waals surface area contributed by atoms with Crippen molar-refractivity contribution in [3.63, 3.8) is 0 Å². The Balaban J connectivity index is 1.71. The molecule has 1 heterocycles. The van der Waals surface area contributed by atoms with Gasteiger partial charge in [0.05, 0.1) is 4.70 Å². The van der Waals surface area contributed by atoms with E-state index in [1.807, 2.05) is 38.1 Å². The molecule has 6 heteroatoms. The van der Waals surface area contributed by atoms with Crippen LogP contribution in [0, 0.1) is 0 Å². The van der Waals surface area contributed by atoms with Gasteiger partial charge in [0.2, 0.25) is 0 Å². The fourth-order valence-electron chi connectivity index (χ4n) is 2.35. The lowest BCUT2D eigenvalue weighted by molar-refractivity contribution is 0.0938. The van der Waals surface area contributed by atoms with Gasteiger partial charge < -0.3 is 10.6 Å². The van der Waals surface area contributed by atoms with Crippen LogP contribution in [-0.4, -0.2) is 22.2 Å². The van der Waals surface area contributed by atoms with Crippen LogP contribution in [0.1, 0.15) is 41.1 Å². The average Bonchev–Trinajstić information content (AvgIpc) is 3.06. The van der Waals surface area contributed by atoms with Gasteiger partial charge in [-0.15, -0.1) is 0 Å². The molecule has 3 rings (SSSR count). The highest BCUT2D eigenvalue weighted by atomic mass is 32.1. The monoisotopic (exact) mass is 353 g/mol. The molecule has 1 aromatic heterocycles. The summed E-state index contributed by atoms with van der Waals surface area (Å²) in [6.07, 6.45) is 0.876. The second-order valence-electron chi connectivity index (χ2n) is 5.84. The standard InChI is InChI=1S/C19H19N3O2S/c1-3-12(2)20-18(23)13-8-10-14(11-9-13)21-19(24)17-15-6-4-5-7-16(15)25-22-17/h4-12H,3H2,1-2H3,(H,20,23)(H,21,24)/t12-/m0/s1. The van der Waals surface area contributed by atoms with E-state index in [4.69, 9.17) is 0 Å². The highest BCUT2D eigenvalue weighted by molar-refractivity contribution is 7.13. The molecule has 25 heavy (non-hydrogen) atoms. The lowest BCUT2D eigenvalue weighted by atomic mass is 10.1. The van der Waals surface area contributed by atoms with Crippen molar-refractivity contribution in [2.45, 2.75) is 26.3 Å². The normalized spacial score (nSPS) is 11.9. The number of nitrogens with zero attached hydrogens (tertiary/aromatic N) is 1. The molecule has 0 bridgehead atoms. The number of hydrogen-bond donors (Lipinski definition) is 2. The van der Waals surface area contributed by atoms with E-state index < -0.39 is 0 Å². The predicted octanol–water partition coefficient (Wildman–Crippen LogP) is 4.08. The Hall–Kier alpha value is -2.73. The fourth-order valence-corrected chi connectivity index (χ4v) is 3.13. The summed E-state index contributed by atoms with van der Waals surface area (Å²) in [7, 11) is 0. The minimum Gasteiger partial charge on any atom is -0.350 e. The van der Waals surface area contributed by atoms with Crippen molar-refractivity contribution in [3.05, 3.63) is 59.8 Å². The van der Waals surface area contributed by atoms with Crippen LogP contribution < -0.4 is 10.6 Å². The van der Waals surface area contributed by atoms with Gasteiger partial charge in [-0.05, 0) is 55.2 Å². The number of anilines is 1. The second-order valence-corrected chi connectivity index (χ2v) is 6.65. The Bertz CT molecular complexity index is 902. The van der Waals surface area contributed by atoms with E-state index in [-0.39, 0.29) is 17.9 Å². The molecule has 2 amide bonds. The molecule has 1 atom stereocenters. The van der Waals surface area contributed by atoms with E-state index >= 15 is 0 Å². The third-order valence-electron chi connectivity index (χ3n) is 3.99. The van der Waals surface area contributed by atoms with Gasteiger partial charge in [0, 0.05) is 22.7 Å². The molecule has 0 saturated carbocycles. The second kappa shape index (κ2) is 7.44. The van der Waals surface area contributed by atoms with Crippen molar-refractivity contribution in [3.8, 4) is 0 Å². The summed E-state index contributed by atoms with van der Waals surface area (Å²) in [6, 6.07) is 14.6. The van der Waals surface area contributed by atoms with Gasteiger partial charge in [-0.3, -0.25) is 9.59 Å². The third-order valence-corrected chi connectivity index (χ3v) is 4.81. The molecule has 2 N–H and O–H groups in total. The van der Waals surface area contributed by atoms with E-state index in [9.17, 15) is 9.59 Å². The van der Waals surface area contributed by atoms with Crippen LogP contribution >= 0.6 is 11.5 Å². The first-order valence-electron chi connectivity index (χ1n) is 8.15. The van der Waals surface area contributed by atoms with Crippen LogP contribution in [0.15, 0.2) is 48.5 Å². The van der Waals surface area contributed by atoms with Crippen LogP contribution in [0.4, 0.5) is 5.69 Å². The van der Waals surface area contributed by atoms with Gasteiger partial charge in [0.1, 0.15) is 5.69 Å². The highest BCUT2D eigenvalue weighted by Crippen LogP contribution is 2.23. The zero-order valence-electron chi connectivity index (χ0n) is 14.1. The van der Waals surface area contributed by atoms with Crippen LogP contribution in [0.5, 0.6) is 0 Å². The Kier molecular flexibility index (Phi) is 5.09. The number of carbonyl (C=O) groups is 2. The average molecular weight is 353 g/mol. The van der Waals surface area contributed by atoms with Crippen molar-refractivity contribution in [1.29, 1.82) is 0 Å². The molecule has 0 fully saturated rings. The van der Waals surface area contributed by atoms with Crippen LogP contribution in [0.2, 0.25) is 0 Å². The smallest absolute Gasteiger partial charge is 0.276 e. The quantitative estimate of drug-likeness (QED) is 0.726. The fraction of sp³-hybridized carbons (Fsp3) is 0.211. The Morgan fingerprint density at radius 3 is 2.52 bits per heavy atom. The molecule has 0 spiro atoms. The summed E-state index contributed by atoms with van der Waals surface area (Å²) in [5, 5.41) is 6.58. The first-order chi connectivity index (χ1) is 12.1. The molecule has 0 radical (unpaired) electrons. The number of carbonyl (C=O) groups excluding carboxylic acids is 2. The maximum atomic E-state index is 12.4. The van der Waals surface area contributed by atoms with Gasteiger partial charge >= 0.3 is 0 Å². The molecule has 0 aliphatic carbocycles. The van der Waals surface area contributed by atoms with Gasteiger partial charge in [-0.1, -0.05) is 25.1 Å². The SMILES string of the molecule is CC[C@H](C)NC(=O)c1ccc(NC(=O)c2nsc3ccccc23)cc1. The first kappa shape index (κ1) is 17.1. The summed E-state index contributed by atoms with van der Waals surface area (Å²) in [6.45, 7) is 3.98. The molecule has 3 aromatic rings. The molecule has 0 aliphatic heterocycles. The molecule has 0 saturated heterocycles. The number of amides is 2. The number of aromatic nitrogens is 1. The third kappa shape index (κ3) is 3.85. The molecule has 5 nitrogen and oxygen atoms in total. The van der Waals surface area contributed by atoms with Crippen molar-refractivity contribution in [1.82, 2.24) is 9.69 Å². The van der Waals surface area contributed by atoms with Crippen molar-refractivity contribution < 1.29 is 9.59 Å². The summed E-state index contributed by atoms with van der Waals surface area (Å²) in [5.41, 5.74) is 1.61. The molecule has 2 aromatic carbocycles. The number of nitrogens with one attached hydrogen (secondary N) is 2. The summed E-state index contributed by atoms with van der Waals surface area (Å²) in [4.78, 5) is 24.5. The molecular formula is C19H19N3O2S. The number of hydrogen-bond acceptors (Lipinski definition) is 4. The van der Waals surface area contributed by atoms with E-state index in [0.717, 1.165) is 16.5 Å². The molecular weight excluding hydrogens is 334 g/mol. The van der Waals surface area contributed by atoms with Crippen molar-refractivity contribution in [2.24, 2.45) is 0 Å². The molecule has 128 valence electrons. The summed E-state index contributed by atoms with van der Waals surface area (Å²) in [5.74, 6) is -0.369. The van der Waals surface area contributed by atoms with E-state index in [1.165, 1.54) is 11.5 Å².